The van der Waals surface area contributed by atoms with Gasteiger partial charge < -0.3 is 9.64 Å². The van der Waals surface area contributed by atoms with Crippen molar-refractivity contribution in [3.63, 3.8) is 0 Å². The molecule has 1 amide bonds. The highest BCUT2D eigenvalue weighted by molar-refractivity contribution is 5.98. The van der Waals surface area contributed by atoms with Gasteiger partial charge in [-0.2, -0.15) is 0 Å². The number of fused-ring (bicyclic) bond motifs is 2. The first-order valence-electron chi connectivity index (χ1n) is 8.59. The van der Waals surface area contributed by atoms with Gasteiger partial charge in [0.2, 0.25) is 5.91 Å². The van der Waals surface area contributed by atoms with E-state index in [0.29, 0.717) is 6.61 Å². The molecular formula is C20H22N2O2. The standard InChI is InChI=1S/C20H22N2O2/c1-14(2)22(15-6-5-10-21-13-15)19(23)17-12-20(17)9-11-24-18-8-4-3-7-16(18)20/h3-8,10,13-14,17H,9,11-12H2,1-2H3/t17-,20-/m0/s1. The van der Waals surface area contributed by atoms with Crippen LogP contribution in [0.2, 0.25) is 0 Å². The largest absolute Gasteiger partial charge is 0.493 e. The van der Waals surface area contributed by atoms with Crippen LogP contribution in [-0.2, 0) is 10.2 Å². The van der Waals surface area contributed by atoms with Gasteiger partial charge in [0.05, 0.1) is 18.5 Å². The second-order valence-electron chi connectivity index (χ2n) is 7.02. The Balaban J connectivity index is 1.65. The monoisotopic (exact) mass is 322 g/mol. The summed E-state index contributed by atoms with van der Waals surface area (Å²) in [6, 6.07) is 12.1. The Kier molecular flexibility index (Phi) is 3.56. The third-order valence-corrected chi connectivity index (χ3v) is 5.28. The molecule has 124 valence electrons. The topological polar surface area (TPSA) is 42.4 Å². The van der Waals surface area contributed by atoms with Gasteiger partial charge in [0.1, 0.15) is 5.75 Å². The van der Waals surface area contributed by atoms with Crippen molar-refractivity contribution in [1.82, 2.24) is 4.98 Å². The molecule has 0 N–H and O–H groups in total. The summed E-state index contributed by atoms with van der Waals surface area (Å²) < 4.78 is 5.78. The van der Waals surface area contributed by atoms with E-state index in [2.05, 4.69) is 24.9 Å². The van der Waals surface area contributed by atoms with Crippen LogP contribution in [0.1, 0.15) is 32.3 Å². The highest BCUT2D eigenvalue weighted by Gasteiger charge is 2.62. The van der Waals surface area contributed by atoms with Crippen LogP contribution in [0.4, 0.5) is 5.69 Å². The van der Waals surface area contributed by atoms with Gasteiger partial charge in [-0.25, -0.2) is 0 Å². The number of carbonyl (C=O) groups is 1. The summed E-state index contributed by atoms with van der Waals surface area (Å²) >= 11 is 0. The lowest BCUT2D eigenvalue weighted by atomic mass is 9.87. The molecule has 2 heterocycles. The molecule has 4 rings (SSSR count). The molecule has 2 atom stereocenters. The van der Waals surface area contributed by atoms with E-state index < -0.39 is 0 Å². The normalized spacial score (nSPS) is 24.4. The van der Waals surface area contributed by atoms with E-state index in [1.165, 1.54) is 5.56 Å². The van der Waals surface area contributed by atoms with E-state index in [1.807, 2.05) is 35.2 Å². The minimum absolute atomic E-state index is 0.0326. The Morgan fingerprint density at radius 1 is 1.29 bits per heavy atom. The van der Waals surface area contributed by atoms with Crippen LogP contribution < -0.4 is 9.64 Å². The van der Waals surface area contributed by atoms with Crippen molar-refractivity contribution in [3.8, 4) is 5.75 Å². The summed E-state index contributed by atoms with van der Waals surface area (Å²) in [5.41, 5.74) is 2.03. The maximum Gasteiger partial charge on any atom is 0.231 e. The van der Waals surface area contributed by atoms with Crippen molar-refractivity contribution < 1.29 is 9.53 Å². The quantitative estimate of drug-likeness (QED) is 0.867. The number of aromatic nitrogens is 1. The lowest BCUT2D eigenvalue weighted by Gasteiger charge is -2.30. The molecule has 1 aromatic carbocycles. The van der Waals surface area contributed by atoms with Crippen molar-refractivity contribution in [2.75, 3.05) is 11.5 Å². The zero-order valence-corrected chi connectivity index (χ0v) is 14.1. The Labute approximate surface area is 142 Å². The number of para-hydroxylation sites is 1. The van der Waals surface area contributed by atoms with Crippen molar-refractivity contribution in [1.29, 1.82) is 0 Å². The summed E-state index contributed by atoms with van der Waals surface area (Å²) in [6.45, 7) is 4.80. The molecule has 0 bridgehead atoms. The zero-order chi connectivity index (χ0) is 16.7. The summed E-state index contributed by atoms with van der Waals surface area (Å²) in [4.78, 5) is 19.4. The van der Waals surface area contributed by atoms with Crippen molar-refractivity contribution in [2.45, 2.75) is 38.1 Å². The van der Waals surface area contributed by atoms with E-state index >= 15 is 0 Å². The zero-order valence-electron chi connectivity index (χ0n) is 14.1. The Morgan fingerprint density at radius 3 is 2.88 bits per heavy atom. The van der Waals surface area contributed by atoms with Gasteiger partial charge >= 0.3 is 0 Å². The molecule has 1 aliphatic heterocycles. The fourth-order valence-corrected chi connectivity index (χ4v) is 4.03. The number of hydrogen-bond donors (Lipinski definition) is 0. The van der Waals surface area contributed by atoms with Crippen LogP contribution in [0, 0.1) is 5.92 Å². The number of ether oxygens (including phenoxy) is 1. The molecule has 1 aliphatic carbocycles. The first-order valence-corrected chi connectivity index (χ1v) is 8.59. The van der Waals surface area contributed by atoms with Gasteiger partial charge in [-0.15, -0.1) is 0 Å². The summed E-state index contributed by atoms with van der Waals surface area (Å²) in [6.07, 6.45) is 5.33. The average molecular weight is 322 g/mol. The molecule has 1 spiro atoms. The van der Waals surface area contributed by atoms with E-state index in [0.717, 1.165) is 24.3 Å². The first-order chi connectivity index (χ1) is 11.6. The molecular weight excluding hydrogens is 300 g/mol. The van der Waals surface area contributed by atoms with Crippen LogP contribution in [0.5, 0.6) is 5.75 Å². The summed E-state index contributed by atoms with van der Waals surface area (Å²) in [5, 5.41) is 0. The number of pyridine rings is 1. The van der Waals surface area contributed by atoms with Crippen LogP contribution in [-0.4, -0.2) is 23.5 Å². The van der Waals surface area contributed by atoms with Gasteiger partial charge in [-0.3, -0.25) is 9.78 Å². The Hall–Kier alpha value is -2.36. The molecule has 2 aromatic rings. The molecule has 2 aliphatic rings. The third kappa shape index (κ3) is 2.29. The number of hydrogen-bond acceptors (Lipinski definition) is 3. The SMILES string of the molecule is CC(C)N(C(=O)[C@@H]1C[C@]12CCOc1ccccc12)c1cccnc1. The smallest absolute Gasteiger partial charge is 0.231 e. The minimum Gasteiger partial charge on any atom is -0.493 e. The molecule has 0 unspecified atom stereocenters. The molecule has 1 aromatic heterocycles. The summed E-state index contributed by atoms with van der Waals surface area (Å²) in [7, 11) is 0. The van der Waals surface area contributed by atoms with Crippen LogP contribution in [0.15, 0.2) is 48.8 Å². The van der Waals surface area contributed by atoms with E-state index in [1.54, 1.807) is 12.4 Å². The van der Waals surface area contributed by atoms with Gasteiger partial charge in [0, 0.05) is 29.1 Å². The molecule has 0 saturated heterocycles. The maximum absolute atomic E-state index is 13.3. The predicted molar refractivity (Wildman–Crippen MR) is 93.2 cm³/mol. The molecule has 4 heteroatoms. The minimum atomic E-state index is -0.0404. The molecule has 0 radical (unpaired) electrons. The fourth-order valence-electron chi connectivity index (χ4n) is 4.03. The number of benzene rings is 1. The number of amides is 1. The van der Waals surface area contributed by atoms with Crippen LogP contribution in [0.3, 0.4) is 0 Å². The van der Waals surface area contributed by atoms with Crippen LogP contribution in [0.25, 0.3) is 0 Å². The lowest BCUT2D eigenvalue weighted by Crippen LogP contribution is -2.40. The maximum atomic E-state index is 13.3. The molecule has 1 fully saturated rings. The summed E-state index contributed by atoms with van der Waals surface area (Å²) in [5.74, 6) is 1.18. The first kappa shape index (κ1) is 15.2. The number of anilines is 1. The van der Waals surface area contributed by atoms with Gasteiger partial charge in [0.25, 0.3) is 0 Å². The van der Waals surface area contributed by atoms with Crippen molar-refractivity contribution in [3.05, 3.63) is 54.4 Å². The van der Waals surface area contributed by atoms with Gasteiger partial charge in [-0.1, -0.05) is 18.2 Å². The second kappa shape index (κ2) is 5.62. The van der Waals surface area contributed by atoms with Gasteiger partial charge in [0.15, 0.2) is 0 Å². The molecule has 1 saturated carbocycles. The number of carbonyl (C=O) groups excluding carboxylic acids is 1. The predicted octanol–water partition coefficient (Wildman–Crippen LogP) is 3.56. The fraction of sp³-hybridized carbons (Fsp3) is 0.400. The molecule has 4 nitrogen and oxygen atoms in total. The van der Waals surface area contributed by atoms with Gasteiger partial charge in [-0.05, 0) is 44.9 Å². The van der Waals surface area contributed by atoms with E-state index in [4.69, 9.17) is 4.74 Å². The van der Waals surface area contributed by atoms with Crippen molar-refractivity contribution in [2.24, 2.45) is 5.92 Å². The number of rotatable bonds is 3. The number of nitrogens with zero attached hydrogens (tertiary/aromatic N) is 2. The van der Waals surface area contributed by atoms with E-state index in [-0.39, 0.29) is 23.3 Å². The second-order valence-corrected chi connectivity index (χ2v) is 7.02. The lowest BCUT2D eigenvalue weighted by molar-refractivity contribution is -0.120. The Bertz CT molecular complexity index is 759. The van der Waals surface area contributed by atoms with E-state index in [9.17, 15) is 4.79 Å². The highest BCUT2D eigenvalue weighted by Crippen LogP contribution is 2.61. The Morgan fingerprint density at radius 2 is 2.12 bits per heavy atom. The third-order valence-electron chi connectivity index (χ3n) is 5.28. The molecule has 24 heavy (non-hydrogen) atoms. The highest BCUT2D eigenvalue weighted by atomic mass is 16.5. The van der Waals surface area contributed by atoms with Crippen LogP contribution >= 0.6 is 0 Å². The average Bonchev–Trinajstić information content (AvgIpc) is 3.31. The van der Waals surface area contributed by atoms with Crippen molar-refractivity contribution >= 4 is 11.6 Å².